The molecule has 0 saturated carbocycles. The van der Waals surface area contributed by atoms with Crippen molar-refractivity contribution in [2.24, 2.45) is 5.92 Å². The second kappa shape index (κ2) is 6.69. The Hall–Kier alpha value is -2.05. The van der Waals surface area contributed by atoms with E-state index in [1.807, 2.05) is 18.2 Å². The third kappa shape index (κ3) is 2.89. The van der Waals surface area contributed by atoms with Crippen molar-refractivity contribution in [3.05, 3.63) is 45.2 Å². The van der Waals surface area contributed by atoms with Crippen molar-refractivity contribution in [2.45, 2.75) is 32.7 Å². The van der Waals surface area contributed by atoms with E-state index in [1.54, 1.807) is 29.2 Å². The smallest absolute Gasteiger partial charge is 0.262 e. The van der Waals surface area contributed by atoms with E-state index in [0.717, 1.165) is 35.2 Å². The summed E-state index contributed by atoms with van der Waals surface area (Å²) in [6.45, 7) is 3.22. The van der Waals surface area contributed by atoms with E-state index in [9.17, 15) is 4.79 Å². The summed E-state index contributed by atoms with van der Waals surface area (Å²) in [5, 5.41) is 0.808. The molecule has 4 rings (SSSR count). The Labute approximate surface area is 150 Å². The number of ether oxygens (including phenoxy) is 1. The molecule has 0 aliphatic heterocycles. The van der Waals surface area contributed by atoms with Gasteiger partial charge in [-0.25, -0.2) is 4.98 Å². The molecule has 0 spiro atoms. The maximum atomic E-state index is 13.3. The second-order valence-corrected chi connectivity index (χ2v) is 7.72. The van der Waals surface area contributed by atoms with Crippen LogP contribution < -0.4 is 5.56 Å². The average Bonchev–Trinajstić information content (AvgIpc) is 2.99. The van der Waals surface area contributed by atoms with Gasteiger partial charge >= 0.3 is 0 Å². The van der Waals surface area contributed by atoms with Crippen LogP contribution in [0, 0.1) is 5.92 Å². The first-order valence-corrected chi connectivity index (χ1v) is 9.46. The Balaban J connectivity index is 1.97. The molecule has 3 aromatic heterocycles. The summed E-state index contributed by atoms with van der Waals surface area (Å²) in [6, 6.07) is 5.68. The molecule has 0 bridgehead atoms. The van der Waals surface area contributed by atoms with Gasteiger partial charge in [-0.2, -0.15) is 0 Å². The Bertz CT molecular complexity index is 962. The quantitative estimate of drug-likeness (QED) is 0.721. The summed E-state index contributed by atoms with van der Waals surface area (Å²) in [6.07, 6.45) is 4.89. The van der Waals surface area contributed by atoms with Gasteiger partial charge in [-0.15, -0.1) is 11.3 Å². The predicted molar refractivity (Wildman–Crippen MR) is 100 cm³/mol. The summed E-state index contributed by atoms with van der Waals surface area (Å²) in [7, 11) is 1.64. The first kappa shape index (κ1) is 16.4. The Morgan fingerprint density at radius 1 is 1.40 bits per heavy atom. The lowest BCUT2D eigenvalue weighted by Crippen LogP contribution is -2.26. The highest BCUT2D eigenvalue weighted by Crippen LogP contribution is 2.36. The summed E-state index contributed by atoms with van der Waals surface area (Å²) in [5.41, 5.74) is 1.97. The number of nitrogens with zero attached hydrogens (tertiary/aromatic N) is 3. The lowest BCUT2D eigenvalue weighted by molar-refractivity contribution is 0.186. The normalized spacial score (nSPS) is 17.0. The number of hydrogen-bond acceptors (Lipinski definition) is 5. The molecule has 1 aliphatic rings. The van der Waals surface area contributed by atoms with Gasteiger partial charge in [0.25, 0.3) is 5.56 Å². The van der Waals surface area contributed by atoms with Gasteiger partial charge in [-0.1, -0.05) is 13.0 Å². The monoisotopic (exact) mass is 355 g/mol. The van der Waals surface area contributed by atoms with E-state index in [4.69, 9.17) is 9.72 Å². The van der Waals surface area contributed by atoms with Crippen LogP contribution in [0.25, 0.3) is 21.7 Å². The molecule has 6 heteroatoms. The number of fused-ring (bicyclic) bond motifs is 3. The molecular formula is C19H21N3O2S. The number of methoxy groups -OCH3 is 1. The van der Waals surface area contributed by atoms with E-state index in [1.165, 1.54) is 10.4 Å². The van der Waals surface area contributed by atoms with E-state index < -0.39 is 0 Å². The summed E-state index contributed by atoms with van der Waals surface area (Å²) >= 11 is 1.68. The third-order valence-electron chi connectivity index (χ3n) is 4.83. The fourth-order valence-corrected chi connectivity index (χ4v) is 4.88. The Kier molecular flexibility index (Phi) is 4.39. The molecule has 1 unspecified atom stereocenters. The minimum Gasteiger partial charge on any atom is -0.383 e. The van der Waals surface area contributed by atoms with Crippen LogP contribution in [-0.2, 0) is 24.1 Å². The summed E-state index contributed by atoms with van der Waals surface area (Å²) in [5.74, 6) is 1.30. The second-order valence-electron chi connectivity index (χ2n) is 6.63. The van der Waals surface area contributed by atoms with Crippen LogP contribution in [0.5, 0.6) is 0 Å². The molecule has 25 heavy (non-hydrogen) atoms. The zero-order valence-electron chi connectivity index (χ0n) is 14.5. The van der Waals surface area contributed by atoms with E-state index in [0.29, 0.717) is 24.9 Å². The summed E-state index contributed by atoms with van der Waals surface area (Å²) in [4.78, 5) is 24.7. The lowest BCUT2D eigenvalue weighted by atomic mass is 9.89. The third-order valence-corrected chi connectivity index (χ3v) is 5.98. The van der Waals surface area contributed by atoms with E-state index >= 15 is 0 Å². The highest BCUT2D eigenvalue weighted by molar-refractivity contribution is 7.18. The number of pyridine rings is 1. The number of hydrogen-bond donors (Lipinski definition) is 0. The van der Waals surface area contributed by atoms with Crippen LogP contribution in [0.1, 0.15) is 23.8 Å². The molecule has 130 valence electrons. The SMILES string of the molecule is COCCn1c(-c2ccccn2)nc2sc3c(c2c1=O)CCC(C)C3. The highest BCUT2D eigenvalue weighted by Gasteiger charge is 2.25. The topological polar surface area (TPSA) is 57.0 Å². The van der Waals surface area contributed by atoms with Crippen molar-refractivity contribution in [2.75, 3.05) is 13.7 Å². The van der Waals surface area contributed by atoms with Crippen LogP contribution in [0.15, 0.2) is 29.2 Å². The number of rotatable bonds is 4. The molecule has 0 fully saturated rings. The van der Waals surface area contributed by atoms with Gasteiger partial charge in [0, 0.05) is 18.2 Å². The fraction of sp³-hybridized carbons (Fsp3) is 0.421. The zero-order valence-corrected chi connectivity index (χ0v) is 15.3. The molecule has 0 N–H and O–H groups in total. The molecule has 0 amide bonds. The molecular weight excluding hydrogens is 334 g/mol. The van der Waals surface area contributed by atoms with Gasteiger partial charge in [-0.3, -0.25) is 14.3 Å². The van der Waals surface area contributed by atoms with Gasteiger partial charge < -0.3 is 4.74 Å². The fourth-order valence-electron chi connectivity index (χ4n) is 3.50. The lowest BCUT2D eigenvalue weighted by Gasteiger charge is -2.17. The molecule has 0 aromatic carbocycles. The zero-order chi connectivity index (χ0) is 17.4. The van der Waals surface area contributed by atoms with Gasteiger partial charge in [0.15, 0.2) is 5.82 Å². The van der Waals surface area contributed by atoms with Crippen molar-refractivity contribution in [1.82, 2.24) is 14.5 Å². The van der Waals surface area contributed by atoms with Gasteiger partial charge in [0.2, 0.25) is 0 Å². The van der Waals surface area contributed by atoms with Crippen LogP contribution in [-0.4, -0.2) is 28.3 Å². The predicted octanol–water partition coefficient (Wildman–Crippen LogP) is 3.29. The van der Waals surface area contributed by atoms with Crippen molar-refractivity contribution < 1.29 is 4.74 Å². The molecule has 1 aliphatic carbocycles. The van der Waals surface area contributed by atoms with E-state index in [2.05, 4.69) is 11.9 Å². The standard InChI is InChI=1S/C19H21N3O2S/c1-12-6-7-13-15(11-12)25-18-16(13)19(23)22(9-10-24-2)17(21-18)14-5-3-4-8-20-14/h3-5,8,12H,6-7,9-11H2,1-2H3. The average molecular weight is 355 g/mol. The first-order valence-electron chi connectivity index (χ1n) is 8.64. The van der Waals surface area contributed by atoms with Gasteiger partial charge in [0.05, 0.1) is 18.5 Å². The number of aryl methyl sites for hydroxylation is 1. The molecule has 0 saturated heterocycles. The first-order chi connectivity index (χ1) is 12.2. The summed E-state index contributed by atoms with van der Waals surface area (Å²) < 4.78 is 6.93. The molecule has 1 atom stereocenters. The van der Waals surface area contributed by atoms with E-state index in [-0.39, 0.29) is 5.56 Å². The molecule has 3 aromatic rings. The van der Waals surface area contributed by atoms with Crippen molar-refractivity contribution >= 4 is 21.6 Å². The van der Waals surface area contributed by atoms with Crippen molar-refractivity contribution in [3.8, 4) is 11.5 Å². The maximum Gasteiger partial charge on any atom is 0.262 e. The maximum absolute atomic E-state index is 13.3. The van der Waals surface area contributed by atoms with Crippen LogP contribution >= 0.6 is 11.3 Å². The van der Waals surface area contributed by atoms with Crippen molar-refractivity contribution in [3.63, 3.8) is 0 Å². The number of aromatic nitrogens is 3. The Morgan fingerprint density at radius 2 is 2.28 bits per heavy atom. The van der Waals surface area contributed by atoms with Crippen LogP contribution in [0.2, 0.25) is 0 Å². The largest absolute Gasteiger partial charge is 0.383 e. The van der Waals surface area contributed by atoms with Gasteiger partial charge in [0.1, 0.15) is 10.5 Å². The minimum atomic E-state index is 0.0368. The molecule has 5 nitrogen and oxygen atoms in total. The highest BCUT2D eigenvalue weighted by atomic mass is 32.1. The minimum absolute atomic E-state index is 0.0368. The van der Waals surface area contributed by atoms with Gasteiger partial charge in [-0.05, 0) is 42.9 Å². The number of thiophene rings is 1. The van der Waals surface area contributed by atoms with Crippen molar-refractivity contribution in [1.29, 1.82) is 0 Å². The Morgan fingerprint density at radius 3 is 3.04 bits per heavy atom. The van der Waals surface area contributed by atoms with Crippen LogP contribution in [0.4, 0.5) is 0 Å². The molecule has 3 heterocycles. The van der Waals surface area contributed by atoms with Crippen LogP contribution in [0.3, 0.4) is 0 Å². The molecule has 0 radical (unpaired) electrons.